The molecule has 1 aromatic carbocycles. The van der Waals surface area contributed by atoms with E-state index in [-0.39, 0.29) is 22.5 Å². The van der Waals surface area contributed by atoms with E-state index < -0.39 is 9.85 Å². The Bertz CT molecular complexity index is 575. The average Bonchev–Trinajstić information content (AvgIpc) is 2.34. The first-order chi connectivity index (χ1) is 9.12. The summed E-state index contributed by atoms with van der Waals surface area (Å²) in [6.07, 6.45) is 0. The van der Waals surface area contributed by atoms with Gasteiger partial charge < -0.3 is 0 Å². The molecule has 8 heteroatoms. The number of nitrogens with one attached hydrogen (secondary N) is 1. The molecule has 1 N–H and O–H groups in total. The van der Waals surface area contributed by atoms with Gasteiger partial charge in [0.1, 0.15) is 5.69 Å². The number of nitro groups is 2. The topological polar surface area (TPSA) is 111 Å². The lowest BCUT2D eigenvalue weighted by Crippen LogP contribution is -2.18. The summed E-state index contributed by atoms with van der Waals surface area (Å²) < 4.78 is 0. The first-order valence-corrected chi connectivity index (χ1v) is 5.86. The molecule has 0 unspecified atom stereocenters. The fourth-order valence-corrected chi connectivity index (χ4v) is 1.19. The number of benzene rings is 1. The van der Waals surface area contributed by atoms with Crippen LogP contribution in [0.3, 0.4) is 0 Å². The number of nitro benzene ring substituents is 2. The Morgan fingerprint density at radius 3 is 2.25 bits per heavy atom. The third-order valence-corrected chi connectivity index (χ3v) is 2.82. The third-order valence-electron chi connectivity index (χ3n) is 2.82. The van der Waals surface area contributed by atoms with Crippen LogP contribution in [0.15, 0.2) is 23.3 Å². The summed E-state index contributed by atoms with van der Waals surface area (Å²) in [4.78, 5) is 20.2. The molecular formula is C12H16N4O4. The van der Waals surface area contributed by atoms with Gasteiger partial charge in [0.25, 0.3) is 5.69 Å². The molecule has 0 aliphatic rings. The van der Waals surface area contributed by atoms with Crippen LogP contribution in [0.5, 0.6) is 0 Å². The smallest absolute Gasteiger partial charge is 0.272 e. The van der Waals surface area contributed by atoms with Crippen molar-refractivity contribution in [1.82, 2.24) is 0 Å². The molecule has 1 aromatic rings. The number of hydrogen-bond acceptors (Lipinski definition) is 6. The van der Waals surface area contributed by atoms with Crippen molar-refractivity contribution in [1.29, 1.82) is 0 Å². The summed E-state index contributed by atoms with van der Waals surface area (Å²) in [6, 6.07) is 3.37. The van der Waals surface area contributed by atoms with Crippen LogP contribution in [-0.2, 0) is 0 Å². The Kier molecular flexibility index (Phi) is 4.38. The Morgan fingerprint density at radius 2 is 1.80 bits per heavy atom. The summed E-state index contributed by atoms with van der Waals surface area (Å²) in [5.41, 5.74) is 2.56. The molecule has 0 amide bonds. The molecule has 0 bridgehead atoms. The summed E-state index contributed by atoms with van der Waals surface area (Å²) in [7, 11) is 0. The van der Waals surface area contributed by atoms with E-state index in [9.17, 15) is 20.2 Å². The number of rotatable bonds is 4. The zero-order valence-electron chi connectivity index (χ0n) is 11.7. The molecule has 0 aliphatic heterocycles. The first kappa shape index (κ1) is 15.5. The van der Waals surface area contributed by atoms with Crippen LogP contribution in [0.25, 0.3) is 0 Å². The SMILES string of the molecule is CC(=NNc1ccc([N+](=O)[O-])cc1[N+](=O)[O-])C(C)(C)C. The molecule has 108 valence electrons. The third kappa shape index (κ3) is 3.74. The van der Waals surface area contributed by atoms with Gasteiger partial charge in [-0.2, -0.15) is 5.10 Å². The number of non-ortho nitro benzene ring substituents is 1. The Hall–Kier alpha value is -2.51. The van der Waals surface area contributed by atoms with Crippen molar-refractivity contribution < 1.29 is 9.85 Å². The van der Waals surface area contributed by atoms with Crippen molar-refractivity contribution in [2.24, 2.45) is 10.5 Å². The van der Waals surface area contributed by atoms with E-state index in [0.717, 1.165) is 11.8 Å². The normalized spacial score (nSPS) is 12.1. The highest BCUT2D eigenvalue weighted by Crippen LogP contribution is 2.29. The maximum Gasteiger partial charge on any atom is 0.301 e. The van der Waals surface area contributed by atoms with E-state index in [1.807, 2.05) is 20.8 Å². The van der Waals surface area contributed by atoms with Gasteiger partial charge in [-0.3, -0.25) is 25.7 Å². The van der Waals surface area contributed by atoms with Crippen LogP contribution in [0.2, 0.25) is 0 Å². The van der Waals surface area contributed by atoms with Gasteiger partial charge in [-0.1, -0.05) is 20.8 Å². The summed E-state index contributed by atoms with van der Waals surface area (Å²) in [5.74, 6) is 0. The standard InChI is InChI=1S/C12H16N4O4/c1-8(12(2,3)4)13-14-10-6-5-9(15(17)18)7-11(10)16(19)20/h5-7,14H,1-4H3. The lowest BCUT2D eigenvalue weighted by Gasteiger charge is -2.17. The molecule has 20 heavy (non-hydrogen) atoms. The van der Waals surface area contributed by atoms with Gasteiger partial charge in [0.15, 0.2) is 0 Å². The van der Waals surface area contributed by atoms with Gasteiger partial charge in [0.05, 0.1) is 15.9 Å². The van der Waals surface area contributed by atoms with Crippen molar-refractivity contribution in [3.8, 4) is 0 Å². The minimum absolute atomic E-state index is 0.115. The minimum atomic E-state index is -0.683. The van der Waals surface area contributed by atoms with Crippen LogP contribution in [0.4, 0.5) is 17.1 Å². The molecule has 8 nitrogen and oxygen atoms in total. The second-order valence-corrected chi connectivity index (χ2v) is 5.27. The molecule has 0 fully saturated rings. The second kappa shape index (κ2) is 5.64. The summed E-state index contributed by atoms with van der Waals surface area (Å²) >= 11 is 0. The van der Waals surface area contributed by atoms with Crippen molar-refractivity contribution in [3.05, 3.63) is 38.4 Å². The van der Waals surface area contributed by atoms with Crippen LogP contribution in [0, 0.1) is 25.6 Å². The van der Waals surface area contributed by atoms with Crippen LogP contribution in [-0.4, -0.2) is 15.6 Å². The van der Waals surface area contributed by atoms with Gasteiger partial charge in [-0.15, -0.1) is 0 Å². The molecule has 1 rings (SSSR count). The lowest BCUT2D eigenvalue weighted by molar-refractivity contribution is -0.393. The molecule has 0 radical (unpaired) electrons. The Balaban J connectivity index is 3.13. The quantitative estimate of drug-likeness (QED) is 0.516. The zero-order chi connectivity index (χ0) is 15.5. The minimum Gasteiger partial charge on any atom is -0.272 e. The van der Waals surface area contributed by atoms with E-state index >= 15 is 0 Å². The average molecular weight is 280 g/mol. The van der Waals surface area contributed by atoms with E-state index in [2.05, 4.69) is 10.5 Å². The number of anilines is 1. The van der Waals surface area contributed by atoms with Gasteiger partial charge in [0.2, 0.25) is 0 Å². The van der Waals surface area contributed by atoms with E-state index in [1.165, 1.54) is 12.1 Å². The van der Waals surface area contributed by atoms with Crippen LogP contribution < -0.4 is 5.43 Å². The Morgan fingerprint density at radius 1 is 1.20 bits per heavy atom. The van der Waals surface area contributed by atoms with Crippen molar-refractivity contribution in [2.45, 2.75) is 27.7 Å². The molecule has 0 saturated heterocycles. The molecule has 0 aliphatic carbocycles. The largest absolute Gasteiger partial charge is 0.301 e. The molecule has 0 atom stereocenters. The second-order valence-electron chi connectivity index (χ2n) is 5.27. The summed E-state index contributed by atoms with van der Waals surface area (Å²) in [6.45, 7) is 7.66. The van der Waals surface area contributed by atoms with Gasteiger partial charge in [-0.05, 0) is 13.0 Å². The maximum absolute atomic E-state index is 10.9. The fourth-order valence-electron chi connectivity index (χ4n) is 1.19. The molecule has 0 aromatic heterocycles. The van der Waals surface area contributed by atoms with Crippen LogP contribution >= 0.6 is 0 Å². The van der Waals surface area contributed by atoms with Gasteiger partial charge in [0, 0.05) is 17.2 Å². The van der Waals surface area contributed by atoms with E-state index in [0.29, 0.717) is 0 Å². The molecule has 0 saturated carbocycles. The van der Waals surface area contributed by atoms with Crippen molar-refractivity contribution >= 4 is 22.8 Å². The predicted octanol–water partition coefficient (Wildman–Crippen LogP) is 3.34. The van der Waals surface area contributed by atoms with Crippen LogP contribution in [0.1, 0.15) is 27.7 Å². The number of hydrazone groups is 1. The van der Waals surface area contributed by atoms with Crippen molar-refractivity contribution in [2.75, 3.05) is 5.43 Å². The van der Waals surface area contributed by atoms with E-state index in [4.69, 9.17) is 0 Å². The first-order valence-electron chi connectivity index (χ1n) is 5.86. The maximum atomic E-state index is 10.9. The number of hydrogen-bond donors (Lipinski definition) is 1. The predicted molar refractivity (Wildman–Crippen MR) is 75.9 cm³/mol. The van der Waals surface area contributed by atoms with Gasteiger partial charge in [-0.25, -0.2) is 0 Å². The molecule has 0 spiro atoms. The van der Waals surface area contributed by atoms with Crippen molar-refractivity contribution in [3.63, 3.8) is 0 Å². The van der Waals surface area contributed by atoms with Gasteiger partial charge >= 0.3 is 5.69 Å². The fraction of sp³-hybridized carbons (Fsp3) is 0.417. The molecule has 0 heterocycles. The highest BCUT2D eigenvalue weighted by Gasteiger charge is 2.20. The summed E-state index contributed by atoms with van der Waals surface area (Å²) in [5, 5.41) is 25.6. The van der Waals surface area contributed by atoms with E-state index in [1.54, 1.807) is 6.92 Å². The Labute approximate surface area is 115 Å². The molecular weight excluding hydrogens is 264 g/mol. The zero-order valence-corrected chi connectivity index (χ0v) is 11.7. The number of nitrogens with zero attached hydrogens (tertiary/aromatic N) is 3. The highest BCUT2D eigenvalue weighted by molar-refractivity contribution is 5.87. The monoisotopic (exact) mass is 280 g/mol. The lowest BCUT2D eigenvalue weighted by atomic mass is 9.91. The highest BCUT2D eigenvalue weighted by atomic mass is 16.6.